The summed E-state index contributed by atoms with van der Waals surface area (Å²) in [6.45, 7) is 5.73. The Morgan fingerprint density at radius 2 is 1.81 bits per heavy atom. The van der Waals surface area contributed by atoms with Gasteiger partial charge in [0.25, 0.3) is 11.5 Å². The van der Waals surface area contributed by atoms with Crippen molar-refractivity contribution in [1.82, 2.24) is 19.4 Å². The van der Waals surface area contributed by atoms with Crippen molar-refractivity contribution in [1.29, 1.82) is 0 Å². The second-order valence-electron chi connectivity index (χ2n) is 8.02. The van der Waals surface area contributed by atoms with E-state index in [4.69, 9.17) is 9.47 Å². The summed E-state index contributed by atoms with van der Waals surface area (Å²) < 4.78 is 12.4. The van der Waals surface area contributed by atoms with Gasteiger partial charge in [-0.15, -0.1) is 0 Å². The third-order valence-corrected chi connectivity index (χ3v) is 5.99. The van der Waals surface area contributed by atoms with Gasteiger partial charge in [-0.2, -0.15) is 0 Å². The summed E-state index contributed by atoms with van der Waals surface area (Å²) in [5, 5.41) is 0. The van der Waals surface area contributed by atoms with E-state index in [1.54, 1.807) is 36.7 Å². The lowest BCUT2D eigenvalue weighted by Crippen LogP contribution is -2.48. The molecule has 2 aliphatic rings. The number of carbonyl (C=O) groups excluding carboxylic acids is 1. The third kappa shape index (κ3) is 3.63. The van der Waals surface area contributed by atoms with Crippen LogP contribution in [0.1, 0.15) is 21.6 Å². The molecule has 1 amide bonds. The number of piperazine rings is 1. The van der Waals surface area contributed by atoms with E-state index in [1.165, 1.54) is 5.56 Å². The number of amides is 1. The molecule has 1 aromatic heterocycles. The van der Waals surface area contributed by atoms with Crippen molar-refractivity contribution >= 4 is 16.9 Å². The molecule has 0 unspecified atom stereocenters. The first-order valence-electron chi connectivity index (χ1n) is 10.4. The predicted octanol–water partition coefficient (Wildman–Crippen LogP) is 1.93. The van der Waals surface area contributed by atoms with Crippen LogP contribution in [0.2, 0.25) is 0 Å². The van der Waals surface area contributed by atoms with Crippen molar-refractivity contribution in [3.63, 3.8) is 0 Å². The zero-order valence-electron chi connectivity index (χ0n) is 17.6. The molecule has 1 saturated heterocycles. The van der Waals surface area contributed by atoms with Gasteiger partial charge < -0.3 is 18.9 Å². The molecule has 2 aromatic carbocycles. The lowest BCUT2D eigenvalue weighted by Gasteiger charge is -2.34. The van der Waals surface area contributed by atoms with E-state index in [0.717, 1.165) is 36.6 Å². The summed E-state index contributed by atoms with van der Waals surface area (Å²) in [4.78, 5) is 33.7. The lowest BCUT2D eigenvalue weighted by molar-refractivity contribution is 0.0628. The Balaban J connectivity index is 1.25. The van der Waals surface area contributed by atoms with Gasteiger partial charge in [-0.3, -0.25) is 14.5 Å². The van der Waals surface area contributed by atoms with Gasteiger partial charge in [-0.05, 0) is 42.8 Å². The molecule has 5 rings (SSSR count). The van der Waals surface area contributed by atoms with Gasteiger partial charge in [-0.1, -0.05) is 6.07 Å². The van der Waals surface area contributed by atoms with Gasteiger partial charge in [0.05, 0.1) is 11.0 Å². The number of fused-ring (bicyclic) bond motifs is 2. The number of hydrogen-bond acceptors (Lipinski definition) is 6. The molecule has 0 saturated carbocycles. The fourth-order valence-electron chi connectivity index (χ4n) is 4.20. The molecule has 160 valence electrons. The molecule has 1 fully saturated rings. The molecule has 0 atom stereocenters. The minimum atomic E-state index is -0.120. The summed E-state index contributed by atoms with van der Waals surface area (Å²) in [6.07, 6.45) is 0. The minimum absolute atomic E-state index is 0.00191. The van der Waals surface area contributed by atoms with Gasteiger partial charge in [0.1, 0.15) is 5.69 Å². The number of rotatable bonds is 3. The maximum atomic E-state index is 13.1. The van der Waals surface area contributed by atoms with Crippen LogP contribution in [0.3, 0.4) is 0 Å². The van der Waals surface area contributed by atoms with Crippen molar-refractivity contribution in [3.05, 3.63) is 63.6 Å². The van der Waals surface area contributed by atoms with Crippen LogP contribution >= 0.6 is 0 Å². The van der Waals surface area contributed by atoms with Crippen LogP contribution < -0.4 is 15.0 Å². The number of carbonyl (C=O) groups is 1. The molecule has 8 nitrogen and oxygen atoms in total. The van der Waals surface area contributed by atoms with Crippen molar-refractivity contribution in [2.24, 2.45) is 7.05 Å². The molecular weight excluding hydrogens is 396 g/mol. The highest BCUT2D eigenvalue weighted by atomic mass is 16.7. The molecule has 3 heterocycles. The highest BCUT2D eigenvalue weighted by molar-refractivity contribution is 5.97. The van der Waals surface area contributed by atoms with E-state index in [0.29, 0.717) is 29.9 Å². The number of aromatic nitrogens is 2. The smallest absolute Gasteiger partial charge is 0.272 e. The number of benzene rings is 2. The fourth-order valence-corrected chi connectivity index (χ4v) is 4.20. The first kappa shape index (κ1) is 19.6. The zero-order valence-corrected chi connectivity index (χ0v) is 17.6. The lowest BCUT2D eigenvalue weighted by atomic mass is 10.1. The van der Waals surface area contributed by atoms with Crippen LogP contribution in [0.15, 0.2) is 41.2 Å². The van der Waals surface area contributed by atoms with E-state index < -0.39 is 0 Å². The van der Waals surface area contributed by atoms with Crippen LogP contribution in [0, 0.1) is 6.92 Å². The molecule has 31 heavy (non-hydrogen) atoms. The number of hydrogen-bond donors (Lipinski definition) is 0. The monoisotopic (exact) mass is 420 g/mol. The van der Waals surface area contributed by atoms with Gasteiger partial charge >= 0.3 is 0 Å². The number of aryl methyl sites for hydroxylation is 2. The summed E-state index contributed by atoms with van der Waals surface area (Å²) >= 11 is 0. The van der Waals surface area contributed by atoms with E-state index >= 15 is 0 Å². The van der Waals surface area contributed by atoms with E-state index in [-0.39, 0.29) is 18.3 Å². The molecule has 8 heteroatoms. The molecule has 0 aliphatic carbocycles. The Morgan fingerprint density at radius 3 is 2.61 bits per heavy atom. The summed E-state index contributed by atoms with van der Waals surface area (Å²) in [7, 11) is 1.72. The standard InChI is InChI=1S/C23H24N4O4/c1-15-22(28)25(2)19-5-4-17(12-18(19)24-15)23(29)27-9-7-26(8-10-27)13-16-3-6-20-21(11-16)31-14-30-20/h3-6,11-12H,7-10,13-14H2,1-2H3. The molecule has 0 N–H and O–H groups in total. The number of ether oxygens (including phenoxy) is 2. The van der Waals surface area contributed by atoms with Crippen LogP contribution in [0.25, 0.3) is 11.0 Å². The highest BCUT2D eigenvalue weighted by Gasteiger charge is 2.23. The van der Waals surface area contributed by atoms with E-state index in [9.17, 15) is 9.59 Å². The molecule has 0 bridgehead atoms. The van der Waals surface area contributed by atoms with Crippen LogP contribution in [0.4, 0.5) is 0 Å². The average molecular weight is 420 g/mol. The Kier molecular flexibility index (Phi) is 4.86. The van der Waals surface area contributed by atoms with Gasteiger partial charge in [0, 0.05) is 45.3 Å². The van der Waals surface area contributed by atoms with Gasteiger partial charge in [0.15, 0.2) is 11.5 Å². The van der Waals surface area contributed by atoms with Crippen molar-refractivity contribution in [2.45, 2.75) is 13.5 Å². The summed E-state index contributed by atoms with van der Waals surface area (Å²) in [6, 6.07) is 11.4. The van der Waals surface area contributed by atoms with Gasteiger partial charge in [0.2, 0.25) is 6.79 Å². The normalized spacial score (nSPS) is 16.1. The Labute approximate surface area is 179 Å². The first-order valence-corrected chi connectivity index (χ1v) is 10.4. The Morgan fingerprint density at radius 1 is 1.03 bits per heavy atom. The molecule has 2 aliphatic heterocycles. The Hall–Kier alpha value is -3.39. The average Bonchev–Trinajstić information content (AvgIpc) is 3.25. The van der Waals surface area contributed by atoms with Crippen molar-refractivity contribution in [2.75, 3.05) is 33.0 Å². The van der Waals surface area contributed by atoms with Crippen LogP contribution in [-0.4, -0.2) is 58.2 Å². The Bertz CT molecular complexity index is 1230. The highest BCUT2D eigenvalue weighted by Crippen LogP contribution is 2.32. The molecular formula is C23H24N4O4. The maximum absolute atomic E-state index is 13.1. The summed E-state index contributed by atoms with van der Waals surface area (Å²) in [5.74, 6) is 1.58. The van der Waals surface area contributed by atoms with Crippen LogP contribution in [-0.2, 0) is 13.6 Å². The fraction of sp³-hybridized carbons (Fsp3) is 0.348. The largest absolute Gasteiger partial charge is 0.454 e. The summed E-state index contributed by atoms with van der Waals surface area (Å²) in [5.41, 5.74) is 3.46. The second-order valence-corrected chi connectivity index (χ2v) is 8.02. The zero-order chi connectivity index (χ0) is 21.5. The van der Waals surface area contributed by atoms with E-state index in [2.05, 4.69) is 16.0 Å². The number of nitrogens with zero attached hydrogens (tertiary/aromatic N) is 4. The minimum Gasteiger partial charge on any atom is -0.454 e. The first-order chi connectivity index (χ1) is 15.0. The second kappa shape index (κ2) is 7.70. The van der Waals surface area contributed by atoms with Crippen molar-refractivity contribution < 1.29 is 14.3 Å². The SMILES string of the molecule is Cc1nc2cc(C(=O)N3CCN(Cc4ccc5c(c4)OCO5)CC3)ccc2n(C)c1=O. The maximum Gasteiger partial charge on any atom is 0.272 e. The third-order valence-electron chi connectivity index (χ3n) is 5.99. The van der Waals surface area contributed by atoms with Crippen LogP contribution in [0.5, 0.6) is 11.5 Å². The van der Waals surface area contributed by atoms with Gasteiger partial charge in [-0.25, -0.2) is 4.98 Å². The quantitative estimate of drug-likeness (QED) is 0.645. The van der Waals surface area contributed by atoms with Crippen molar-refractivity contribution in [3.8, 4) is 11.5 Å². The molecule has 3 aromatic rings. The molecule has 0 spiro atoms. The molecule has 0 radical (unpaired) electrons. The predicted molar refractivity (Wildman–Crippen MR) is 115 cm³/mol. The topological polar surface area (TPSA) is 76.9 Å². The van der Waals surface area contributed by atoms with E-state index in [1.807, 2.05) is 17.0 Å².